The van der Waals surface area contributed by atoms with Crippen molar-refractivity contribution in [1.29, 1.82) is 0 Å². The first kappa shape index (κ1) is 22.4. The highest BCUT2D eigenvalue weighted by Gasteiger charge is 2.59. The topological polar surface area (TPSA) is 32.6 Å². The molecule has 2 nitrogen and oxygen atoms in total. The zero-order chi connectivity index (χ0) is 21.7. The minimum absolute atomic E-state index is 0.351. The monoisotopic (exact) mass is 413 g/mol. The number of nitrogens with zero attached hydrogens (tertiary/aromatic N) is 1. The highest BCUT2D eigenvalue weighted by molar-refractivity contribution is 6.01. The maximum atomic E-state index is 9.45. The molecule has 0 unspecified atom stereocenters. The Labute approximate surface area is 186 Å². The molecule has 3 saturated carbocycles. The molecule has 0 amide bonds. The number of rotatable bonds is 5. The second-order valence-electron chi connectivity index (χ2n) is 12.5. The van der Waals surface area contributed by atoms with Crippen LogP contribution in [0, 0.1) is 46.3 Å². The number of oxime groups is 1. The lowest BCUT2D eigenvalue weighted by atomic mass is 9.46. The maximum Gasteiger partial charge on any atom is 0.0824 e. The van der Waals surface area contributed by atoms with Gasteiger partial charge in [0.1, 0.15) is 0 Å². The molecule has 0 heterocycles. The molecule has 170 valence electrons. The van der Waals surface area contributed by atoms with Gasteiger partial charge in [0.2, 0.25) is 0 Å². The third kappa shape index (κ3) is 3.49. The molecule has 4 aliphatic rings. The summed E-state index contributed by atoms with van der Waals surface area (Å²) in [6.07, 6.45) is 14.8. The lowest BCUT2D eigenvalue weighted by Crippen LogP contribution is -2.51. The van der Waals surface area contributed by atoms with Crippen LogP contribution in [0.2, 0.25) is 0 Å². The Bertz CT molecular complexity index is 705. The van der Waals surface area contributed by atoms with Crippen LogP contribution in [0.25, 0.3) is 0 Å². The molecule has 4 rings (SSSR count). The molecule has 7 atom stereocenters. The van der Waals surface area contributed by atoms with Gasteiger partial charge < -0.3 is 5.21 Å². The van der Waals surface area contributed by atoms with Crippen molar-refractivity contribution in [2.45, 2.75) is 112 Å². The van der Waals surface area contributed by atoms with Gasteiger partial charge in [0.25, 0.3) is 0 Å². The highest BCUT2D eigenvalue weighted by atomic mass is 16.4. The first-order chi connectivity index (χ1) is 14.2. The van der Waals surface area contributed by atoms with Crippen molar-refractivity contribution in [3.63, 3.8) is 0 Å². The van der Waals surface area contributed by atoms with E-state index in [4.69, 9.17) is 0 Å². The Kier molecular flexibility index (Phi) is 6.19. The molecule has 1 N–H and O–H groups in total. The van der Waals surface area contributed by atoms with Gasteiger partial charge >= 0.3 is 0 Å². The van der Waals surface area contributed by atoms with Crippen LogP contribution in [-0.4, -0.2) is 10.9 Å². The summed E-state index contributed by atoms with van der Waals surface area (Å²) in [5.74, 6) is 5.41. The fraction of sp³-hybridized carbons (Fsp3) is 0.893. The van der Waals surface area contributed by atoms with Crippen LogP contribution in [0.15, 0.2) is 16.3 Å². The van der Waals surface area contributed by atoms with Crippen LogP contribution >= 0.6 is 0 Å². The van der Waals surface area contributed by atoms with Gasteiger partial charge in [0, 0.05) is 0 Å². The Morgan fingerprint density at radius 3 is 2.43 bits per heavy atom. The van der Waals surface area contributed by atoms with Gasteiger partial charge in [-0.3, -0.25) is 0 Å². The van der Waals surface area contributed by atoms with Crippen LogP contribution in [-0.2, 0) is 0 Å². The fourth-order valence-electron chi connectivity index (χ4n) is 9.14. The molecule has 0 aromatic heterocycles. The third-order valence-corrected chi connectivity index (χ3v) is 10.8. The van der Waals surface area contributed by atoms with Gasteiger partial charge in [0.15, 0.2) is 0 Å². The van der Waals surface area contributed by atoms with Gasteiger partial charge in [0.05, 0.1) is 5.71 Å². The van der Waals surface area contributed by atoms with Gasteiger partial charge in [-0.1, -0.05) is 64.6 Å². The summed E-state index contributed by atoms with van der Waals surface area (Å²) < 4.78 is 0. The van der Waals surface area contributed by atoms with E-state index in [1.807, 2.05) is 0 Å². The number of hydrogen-bond donors (Lipinski definition) is 1. The Hall–Kier alpha value is -0.790. The second kappa shape index (κ2) is 8.28. The molecular formula is C28H47NO. The van der Waals surface area contributed by atoms with E-state index in [1.54, 1.807) is 5.57 Å². The van der Waals surface area contributed by atoms with Crippen molar-refractivity contribution in [2.24, 2.45) is 51.5 Å². The second-order valence-corrected chi connectivity index (χ2v) is 12.5. The Balaban J connectivity index is 1.52. The van der Waals surface area contributed by atoms with Gasteiger partial charge in [-0.05, 0) is 110 Å². The number of hydrogen-bond acceptors (Lipinski definition) is 2. The summed E-state index contributed by atoms with van der Waals surface area (Å²) in [5, 5.41) is 13.1. The molecule has 0 aromatic carbocycles. The van der Waals surface area contributed by atoms with Crippen molar-refractivity contribution < 1.29 is 5.21 Å². The minimum Gasteiger partial charge on any atom is -0.411 e. The molecule has 0 spiro atoms. The van der Waals surface area contributed by atoms with Crippen LogP contribution < -0.4 is 0 Å². The zero-order valence-electron chi connectivity index (χ0n) is 20.6. The molecular weight excluding hydrogens is 366 g/mol. The highest BCUT2D eigenvalue weighted by Crippen LogP contribution is 2.68. The standard InChI is InChI=1S/C28H47NO/c1-18(2)8-7-9-19(3)22-12-13-24-21-10-11-23-20(4)26(29-30)15-17-28(23,6)25(21)14-16-27(22,24)5/h18-19,21-22,24-25,30H,7-17H2,1-6H3/t19-,21+,22-,24+,25+,27-,28+/m1/s1. The third-order valence-electron chi connectivity index (χ3n) is 10.8. The lowest BCUT2D eigenvalue weighted by molar-refractivity contribution is -0.0577. The number of allylic oxidation sites excluding steroid dienone is 2. The summed E-state index contributed by atoms with van der Waals surface area (Å²) in [6.45, 7) is 14.8. The molecule has 4 aliphatic carbocycles. The normalized spacial score (nSPS) is 43.5. The molecule has 0 aromatic rings. The van der Waals surface area contributed by atoms with Gasteiger partial charge in [-0.15, -0.1) is 0 Å². The molecule has 2 heteroatoms. The molecule has 3 fully saturated rings. The summed E-state index contributed by atoms with van der Waals surface area (Å²) in [5.41, 5.74) is 4.85. The predicted octanol–water partition coefficient (Wildman–Crippen LogP) is 8.25. The van der Waals surface area contributed by atoms with Crippen molar-refractivity contribution in [3.8, 4) is 0 Å². The summed E-state index contributed by atoms with van der Waals surface area (Å²) >= 11 is 0. The molecule has 30 heavy (non-hydrogen) atoms. The fourth-order valence-corrected chi connectivity index (χ4v) is 9.14. The van der Waals surface area contributed by atoms with Crippen molar-refractivity contribution in [2.75, 3.05) is 0 Å². The first-order valence-corrected chi connectivity index (χ1v) is 13.1. The van der Waals surface area contributed by atoms with E-state index in [-0.39, 0.29) is 0 Å². The Morgan fingerprint density at radius 1 is 0.967 bits per heavy atom. The van der Waals surface area contributed by atoms with E-state index in [0.29, 0.717) is 10.8 Å². The van der Waals surface area contributed by atoms with E-state index in [2.05, 4.69) is 46.7 Å². The van der Waals surface area contributed by atoms with E-state index in [1.165, 1.54) is 69.8 Å². The first-order valence-electron chi connectivity index (χ1n) is 13.1. The zero-order valence-corrected chi connectivity index (χ0v) is 20.6. The van der Waals surface area contributed by atoms with Crippen molar-refractivity contribution in [1.82, 2.24) is 0 Å². The maximum absolute atomic E-state index is 9.45. The smallest absolute Gasteiger partial charge is 0.0824 e. The molecule has 0 bridgehead atoms. The average Bonchev–Trinajstić information content (AvgIpc) is 3.05. The average molecular weight is 414 g/mol. The van der Waals surface area contributed by atoms with E-state index >= 15 is 0 Å². The van der Waals surface area contributed by atoms with Crippen LogP contribution in [0.1, 0.15) is 112 Å². The van der Waals surface area contributed by atoms with Crippen LogP contribution in [0.4, 0.5) is 0 Å². The SMILES string of the molecule is CC1=C2CC[C@H]3[C@@H]4CC[C@H]([C@H](C)CCCC(C)C)[C@@]4(C)CC[C@@H]3[C@@]2(C)CCC1=NO. The van der Waals surface area contributed by atoms with Gasteiger partial charge in [-0.2, -0.15) is 0 Å². The summed E-state index contributed by atoms with van der Waals surface area (Å²) in [6, 6.07) is 0. The molecule has 0 aliphatic heterocycles. The van der Waals surface area contributed by atoms with Crippen LogP contribution in [0.3, 0.4) is 0 Å². The summed E-state index contributed by atoms with van der Waals surface area (Å²) in [4.78, 5) is 0. The number of fused-ring (bicyclic) bond motifs is 5. The lowest BCUT2D eigenvalue weighted by Gasteiger charge is -2.59. The van der Waals surface area contributed by atoms with E-state index in [0.717, 1.165) is 47.6 Å². The largest absolute Gasteiger partial charge is 0.411 e. The predicted molar refractivity (Wildman–Crippen MR) is 127 cm³/mol. The van der Waals surface area contributed by atoms with Crippen molar-refractivity contribution >= 4 is 5.71 Å². The molecule has 0 radical (unpaired) electrons. The Morgan fingerprint density at radius 2 is 1.73 bits per heavy atom. The van der Waals surface area contributed by atoms with E-state index in [9.17, 15) is 5.21 Å². The van der Waals surface area contributed by atoms with Crippen LogP contribution in [0.5, 0.6) is 0 Å². The quantitative estimate of drug-likeness (QED) is 0.357. The summed E-state index contributed by atoms with van der Waals surface area (Å²) in [7, 11) is 0. The minimum atomic E-state index is 0.351. The molecule has 0 saturated heterocycles. The van der Waals surface area contributed by atoms with Crippen molar-refractivity contribution in [3.05, 3.63) is 11.1 Å². The van der Waals surface area contributed by atoms with E-state index < -0.39 is 0 Å². The van der Waals surface area contributed by atoms with Gasteiger partial charge in [-0.25, -0.2) is 0 Å².